The summed E-state index contributed by atoms with van der Waals surface area (Å²) in [5, 5.41) is 4.03. The maximum atomic E-state index is 12.3. The summed E-state index contributed by atoms with van der Waals surface area (Å²) in [5.41, 5.74) is 1.94. The number of allylic oxidation sites excluding steroid dienone is 1. The maximum absolute atomic E-state index is 12.3. The molecule has 1 aliphatic heterocycles. The Kier molecular flexibility index (Phi) is 4.42. The van der Waals surface area contributed by atoms with Crippen molar-refractivity contribution in [2.75, 3.05) is 6.26 Å². The van der Waals surface area contributed by atoms with Gasteiger partial charge >= 0.3 is 0 Å². The van der Waals surface area contributed by atoms with Gasteiger partial charge in [0.05, 0.1) is 9.14 Å². The van der Waals surface area contributed by atoms with E-state index in [0.717, 1.165) is 14.7 Å². The SMILES string of the molecule is CSC(C(=O)c1ccc(C)cc1)=C1SC=CS1. The van der Waals surface area contributed by atoms with Gasteiger partial charge in [-0.25, -0.2) is 0 Å². The number of benzene rings is 1. The molecule has 0 spiro atoms. The second-order valence-corrected chi connectivity index (χ2v) is 6.43. The minimum absolute atomic E-state index is 0.121. The lowest BCUT2D eigenvalue weighted by Crippen LogP contribution is -2.01. The third-order valence-corrected chi connectivity index (χ3v) is 5.50. The molecule has 0 fully saturated rings. The van der Waals surface area contributed by atoms with Gasteiger partial charge in [0.2, 0.25) is 5.78 Å². The number of thioether (sulfide) groups is 3. The van der Waals surface area contributed by atoms with E-state index in [1.54, 1.807) is 23.5 Å². The third-order valence-electron chi connectivity index (χ3n) is 2.32. The summed E-state index contributed by atoms with van der Waals surface area (Å²) in [6, 6.07) is 7.74. The lowest BCUT2D eigenvalue weighted by atomic mass is 10.1. The van der Waals surface area contributed by atoms with Crippen LogP contribution in [0.1, 0.15) is 15.9 Å². The molecule has 88 valence electrons. The Morgan fingerprint density at radius 2 is 1.71 bits per heavy atom. The topological polar surface area (TPSA) is 17.1 Å². The number of carbonyl (C=O) groups excluding carboxylic acids is 1. The zero-order chi connectivity index (χ0) is 12.3. The van der Waals surface area contributed by atoms with Gasteiger partial charge < -0.3 is 0 Å². The summed E-state index contributed by atoms with van der Waals surface area (Å²) in [6.45, 7) is 2.02. The van der Waals surface area contributed by atoms with Gasteiger partial charge in [0.15, 0.2) is 0 Å². The molecule has 0 aliphatic carbocycles. The largest absolute Gasteiger partial charge is 0.288 e. The van der Waals surface area contributed by atoms with Crippen LogP contribution in [-0.2, 0) is 0 Å². The number of Topliss-reactive ketones (excluding diaryl/α,β-unsaturated/α-hetero) is 1. The summed E-state index contributed by atoms with van der Waals surface area (Å²) < 4.78 is 1.09. The molecule has 0 amide bonds. The fourth-order valence-corrected chi connectivity index (χ4v) is 4.32. The van der Waals surface area contributed by atoms with E-state index in [4.69, 9.17) is 0 Å². The van der Waals surface area contributed by atoms with E-state index in [1.807, 2.05) is 48.3 Å². The van der Waals surface area contributed by atoms with Crippen LogP contribution in [0, 0.1) is 6.92 Å². The molecule has 1 nitrogen and oxygen atoms in total. The van der Waals surface area contributed by atoms with E-state index >= 15 is 0 Å². The minimum Gasteiger partial charge on any atom is -0.288 e. The normalized spacial score (nSPS) is 14.1. The molecule has 17 heavy (non-hydrogen) atoms. The van der Waals surface area contributed by atoms with Gasteiger partial charge in [-0.15, -0.1) is 11.8 Å². The van der Waals surface area contributed by atoms with Crippen LogP contribution in [0.2, 0.25) is 0 Å². The average Bonchev–Trinajstić information content (AvgIpc) is 2.84. The van der Waals surface area contributed by atoms with E-state index in [9.17, 15) is 4.79 Å². The van der Waals surface area contributed by atoms with Gasteiger partial charge in [-0.2, -0.15) is 0 Å². The van der Waals surface area contributed by atoms with Crippen molar-refractivity contribution >= 4 is 41.1 Å². The molecule has 4 heteroatoms. The van der Waals surface area contributed by atoms with Crippen molar-refractivity contribution in [3.63, 3.8) is 0 Å². The fourth-order valence-electron chi connectivity index (χ4n) is 1.42. The number of hydrogen-bond acceptors (Lipinski definition) is 4. The molecule has 0 unspecified atom stereocenters. The Labute approximate surface area is 114 Å². The Morgan fingerprint density at radius 3 is 2.24 bits per heavy atom. The van der Waals surface area contributed by atoms with E-state index in [-0.39, 0.29) is 5.78 Å². The molecule has 0 N–H and O–H groups in total. The van der Waals surface area contributed by atoms with Crippen LogP contribution in [0.4, 0.5) is 0 Å². The number of aryl methyl sites for hydroxylation is 1. The van der Waals surface area contributed by atoms with Crippen molar-refractivity contribution in [2.45, 2.75) is 6.92 Å². The number of hydrogen-bond donors (Lipinski definition) is 0. The van der Waals surface area contributed by atoms with Gasteiger partial charge in [-0.05, 0) is 24.0 Å². The average molecular weight is 280 g/mol. The number of carbonyl (C=O) groups is 1. The first-order valence-corrected chi connectivity index (χ1v) is 8.08. The van der Waals surface area contributed by atoms with Gasteiger partial charge in [0, 0.05) is 5.56 Å². The van der Waals surface area contributed by atoms with Crippen molar-refractivity contribution in [3.8, 4) is 0 Å². The lowest BCUT2D eigenvalue weighted by molar-refractivity contribution is 0.104. The first kappa shape index (κ1) is 12.9. The van der Waals surface area contributed by atoms with Crippen LogP contribution in [0.15, 0.2) is 44.2 Å². The van der Waals surface area contributed by atoms with E-state index in [1.165, 1.54) is 17.3 Å². The smallest absolute Gasteiger partial charge is 0.201 e. The maximum Gasteiger partial charge on any atom is 0.201 e. The zero-order valence-electron chi connectivity index (χ0n) is 9.60. The van der Waals surface area contributed by atoms with Gasteiger partial charge in [-0.3, -0.25) is 4.79 Å². The summed E-state index contributed by atoms with van der Waals surface area (Å²) in [4.78, 5) is 13.2. The molecule has 0 radical (unpaired) electrons. The highest BCUT2D eigenvalue weighted by molar-refractivity contribution is 8.28. The third kappa shape index (κ3) is 3.00. The number of rotatable bonds is 3. The molecular weight excluding hydrogens is 268 g/mol. The molecule has 1 aromatic carbocycles. The van der Waals surface area contributed by atoms with Gasteiger partial charge in [0.25, 0.3) is 0 Å². The molecule has 0 bridgehead atoms. The monoisotopic (exact) mass is 280 g/mol. The predicted molar refractivity (Wildman–Crippen MR) is 80.4 cm³/mol. The Balaban J connectivity index is 2.29. The molecule has 2 rings (SSSR count). The summed E-state index contributed by atoms with van der Waals surface area (Å²) in [6.07, 6.45) is 1.95. The first-order valence-electron chi connectivity index (χ1n) is 5.10. The highest BCUT2D eigenvalue weighted by atomic mass is 32.2. The lowest BCUT2D eigenvalue weighted by Gasteiger charge is -2.06. The number of ketones is 1. The quantitative estimate of drug-likeness (QED) is 0.591. The Morgan fingerprint density at radius 1 is 1.12 bits per heavy atom. The molecule has 0 saturated heterocycles. The molecule has 1 aliphatic rings. The van der Waals surface area contributed by atoms with E-state index in [2.05, 4.69) is 0 Å². The molecular formula is C13H12OS3. The van der Waals surface area contributed by atoms with Gasteiger partial charge in [-0.1, -0.05) is 53.4 Å². The van der Waals surface area contributed by atoms with E-state index < -0.39 is 0 Å². The van der Waals surface area contributed by atoms with Gasteiger partial charge in [0.1, 0.15) is 0 Å². The Bertz CT molecular complexity index is 476. The Hall–Kier alpha value is -0.580. The predicted octanol–water partition coefficient (Wildman–Crippen LogP) is 4.66. The van der Waals surface area contributed by atoms with Crippen LogP contribution < -0.4 is 0 Å². The molecule has 0 atom stereocenters. The van der Waals surface area contributed by atoms with Crippen LogP contribution in [-0.4, -0.2) is 12.0 Å². The molecule has 1 aromatic rings. The summed E-state index contributed by atoms with van der Waals surface area (Å²) >= 11 is 4.77. The second kappa shape index (κ2) is 5.85. The fraction of sp³-hybridized carbons (Fsp3) is 0.154. The molecule has 0 aromatic heterocycles. The van der Waals surface area contributed by atoms with Crippen LogP contribution >= 0.6 is 35.3 Å². The zero-order valence-corrected chi connectivity index (χ0v) is 12.0. The van der Waals surface area contributed by atoms with Crippen molar-refractivity contribution in [3.05, 3.63) is 55.4 Å². The van der Waals surface area contributed by atoms with E-state index in [0.29, 0.717) is 0 Å². The van der Waals surface area contributed by atoms with Crippen molar-refractivity contribution < 1.29 is 4.79 Å². The summed E-state index contributed by atoms with van der Waals surface area (Å²) in [5.74, 6) is 0.121. The van der Waals surface area contributed by atoms with Crippen LogP contribution in [0.25, 0.3) is 0 Å². The van der Waals surface area contributed by atoms with Crippen molar-refractivity contribution in [1.82, 2.24) is 0 Å². The van der Waals surface area contributed by atoms with Crippen molar-refractivity contribution in [1.29, 1.82) is 0 Å². The highest BCUT2D eigenvalue weighted by Gasteiger charge is 2.18. The summed E-state index contributed by atoms with van der Waals surface area (Å²) in [7, 11) is 0. The first-order chi connectivity index (χ1) is 8.22. The standard InChI is InChI=1S/C13H12OS3/c1-9-3-5-10(6-4-9)11(14)12(15-2)13-16-7-8-17-13/h3-8H,1-2H3. The van der Waals surface area contributed by atoms with Crippen molar-refractivity contribution in [2.24, 2.45) is 0 Å². The van der Waals surface area contributed by atoms with Crippen LogP contribution in [0.5, 0.6) is 0 Å². The van der Waals surface area contributed by atoms with Crippen LogP contribution in [0.3, 0.4) is 0 Å². The second-order valence-electron chi connectivity index (χ2n) is 3.52. The molecule has 0 saturated carbocycles. The highest BCUT2D eigenvalue weighted by Crippen LogP contribution is 2.43. The minimum atomic E-state index is 0.121. The molecule has 1 heterocycles.